The molecule has 2 unspecified atom stereocenters. The predicted octanol–water partition coefficient (Wildman–Crippen LogP) is 7.18. The summed E-state index contributed by atoms with van der Waals surface area (Å²) in [4.78, 5) is 2.42. The van der Waals surface area contributed by atoms with Crippen molar-refractivity contribution in [2.75, 3.05) is 18.0 Å². The first-order valence-electron chi connectivity index (χ1n) is 11.9. The maximum absolute atomic E-state index is 2.42. The molecule has 0 fully saturated rings. The number of nitrogens with zero attached hydrogens (tertiary/aromatic N) is 2. The lowest BCUT2D eigenvalue weighted by Gasteiger charge is -2.18. The van der Waals surface area contributed by atoms with Gasteiger partial charge in [-0.1, -0.05) is 111 Å². The van der Waals surface area contributed by atoms with Gasteiger partial charge in [0.05, 0.1) is 0 Å². The number of rotatable bonds is 6. The van der Waals surface area contributed by atoms with Crippen molar-refractivity contribution in [1.29, 1.82) is 0 Å². The molecule has 33 heavy (non-hydrogen) atoms. The summed E-state index contributed by atoms with van der Waals surface area (Å²) in [6.07, 6.45) is 2.30. The molecule has 1 aliphatic rings. The Bertz CT molecular complexity index is 1240. The van der Waals surface area contributed by atoms with Crippen LogP contribution in [0.25, 0.3) is 0 Å². The topological polar surface area (TPSA) is 6.25 Å². The highest BCUT2D eigenvalue weighted by atomic mass is 15.3. The summed E-state index contributed by atoms with van der Waals surface area (Å²) in [5.74, 6) is 0.686. The zero-order valence-electron chi connectivity index (χ0n) is 19.4. The number of para-hydroxylation sites is 2. The van der Waals surface area contributed by atoms with Crippen LogP contribution in [-0.4, -0.2) is 24.0 Å². The third-order valence-electron chi connectivity index (χ3n) is 6.89. The molecule has 0 aliphatic carbocycles. The summed E-state index contributed by atoms with van der Waals surface area (Å²) in [6.45, 7) is 6.57. The highest BCUT2D eigenvalue weighted by Gasteiger charge is 2.28. The summed E-state index contributed by atoms with van der Waals surface area (Å²) in [5.41, 5.74) is 8.03. The van der Waals surface area contributed by atoms with E-state index in [1.807, 2.05) is 0 Å². The van der Waals surface area contributed by atoms with Crippen molar-refractivity contribution in [2.24, 2.45) is 0 Å². The van der Waals surface area contributed by atoms with Crippen LogP contribution in [0.4, 0.5) is 11.4 Å². The Kier molecular flexibility index (Phi) is 6.08. The minimum atomic E-state index is 0.343. The molecular formula is C31H31N2+. The maximum atomic E-state index is 2.42. The molecule has 2 nitrogen and oxygen atoms in total. The first-order valence-corrected chi connectivity index (χ1v) is 11.9. The molecule has 4 aromatic carbocycles. The Morgan fingerprint density at radius 3 is 1.79 bits per heavy atom. The molecule has 5 rings (SSSR count). The SMILES string of the molecule is CC(c1ccccc1)c1ccccc1N1C=[N+](c2ccccc2C(C)c2ccccc2)CC1. The molecule has 0 aromatic heterocycles. The van der Waals surface area contributed by atoms with Gasteiger partial charge in [0.15, 0.2) is 0 Å². The number of anilines is 1. The van der Waals surface area contributed by atoms with E-state index in [0.29, 0.717) is 11.8 Å². The van der Waals surface area contributed by atoms with Gasteiger partial charge in [0.25, 0.3) is 0 Å². The van der Waals surface area contributed by atoms with Gasteiger partial charge in [0.2, 0.25) is 6.34 Å². The van der Waals surface area contributed by atoms with Crippen LogP contribution in [-0.2, 0) is 0 Å². The molecule has 0 radical (unpaired) electrons. The normalized spacial score (nSPS) is 15.2. The van der Waals surface area contributed by atoms with Gasteiger partial charge in [-0.05, 0) is 23.3 Å². The van der Waals surface area contributed by atoms with Crippen molar-refractivity contribution in [3.63, 3.8) is 0 Å². The van der Waals surface area contributed by atoms with Crippen molar-refractivity contribution < 1.29 is 4.58 Å². The molecule has 164 valence electrons. The number of hydrogen-bond donors (Lipinski definition) is 0. The van der Waals surface area contributed by atoms with Crippen LogP contribution in [0.1, 0.15) is 47.9 Å². The zero-order chi connectivity index (χ0) is 22.6. The standard InChI is InChI=1S/C31H31N2/c1-24(26-13-5-3-6-14-26)28-17-9-11-19-30(28)32-21-22-33(23-32)31-20-12-10-18-29(31)25(2)27-15-7-4-8-16-27/h3-20,23-25H,21-22H2,1-2H3/q+1. The van der Waals surface area contributed by atoms with Crippen molar-refractivity contribution in [1.82, 2.24) is 0 Å². The lowest BCUT2D eigenvalue weighted by atomic mass is 9.91. The lowest BCUT2D eigenvalue weighted by Crippen LogP contribution is -2.20. The van der Waals surface area contributed by atoms with E-state index in [-0.39, 0.29) is 0 Å². The minimum absolute atomic E-state index is 0.343. The van der Waals surface area contributed by atoms with Crippen molar-refractivity contribution in [3.05, 3.63) is 131 Å². The van der Waals surface area contributed by atoms with Crippen LogP contribution < -0.4 is 4.90 Å². The van der Waals surface area contributed by atoms with Gasteiger partial charge in [-0.3, -0.25) is 0 Å². The van der Waals surface area contributed by atoms with Gasteiger partial charge >= 0.3 is 0 Å². The molecule has 0 saturated carbocycles. The molecule has 2 heteroatoms. The van der Waals surface area contributed by atoms with E-state index in [9.17, 15) is 0 Å². The fourth-order valence-corrected chi connectivity index (χ4v) is 4.94. The van der Waals surface area contributed by atoms with E-state index in [4.69, 9.17) is 0 Å². The molecule has 1 heterocycles. The molecule has 0 N–H and O–H groups in total. The first kappa shape index (κ1) is 21.2. The van der Waals surface area contributed by atoms with Crippen LogP contribution in [0.15, 0.2) is 109 Å². The van der Waals surface area contributed by atoms with Crippen LogP contribution in [0, 0.1) is 0 Å². The molecule has 2 atom stereocenters. The Morgan fingerprint density at radius 2 is 1.12 bits per heavy atom. The Morgan fingerprint density at radius 1 is 0.606 bits per heavy atom. The average molecular weight is 432 g/mol. The summed E-state index contributed by atoms with van der Waals surface area (Å²) >= 11 is 0. The second-order valence-electron chi connectivity index (χ2n) is 8.88. The summed E-state index contributed by atoms with van der Waals surface area (Å²) in [6, 6.07) is 39.3. The predicted molar refractivity (Wildman–Crippen MR) is 139 cm³/mol. The molecule has 0 spiro atoms. The average Bonchev–Trinajstić information content (AvgIpc) is 3.39. The van der Waals surface area contributed by atoms with Gasteiger partial charge < -0.3 is 0 Å². The van der Waals surface area contributed by atoms with Gasteiger partial charge in [-0.15, -0.1) is 0 Å². The van der Waals surface area contributed by atoms with E-state index in [0.717, 1.165) is 13.1 Å². The second kappa shape index (κ2) is 9.46. The molecular weight excluding hydrogens is 400 g/mol. The number of hydrogen-bond acceptors (Lipinski definition) is 1. The fraction of sp³-hybridized carbons (Fsp3) is 0.194. The van der Waals surface area contributed by atoms with Crippen molar-refractivity contribution >= 4 is 17.7 Å². The minimum Gasteiger partial charge on any atom is -0.229 e. The summed E-state index contributed by atoms with van der Waals surface area (Å²) in [7, 11) is 0. The summed E-state index contributed by atoms with van der Waals surface area (Å²) in [5, 5.41) is 0. The van der Waals surface area contributed by atoms with E-state index < -0.39 is 0 Å². The zero-order valence-corrected chi connectivity index (χ0v) is 19.4. The summed E-state index contributed by atoms with van der Waals surface area (Å²) < 4.78 is 2.42. The molecule has 1 aliphatic heterocycles. The van der Waals surface area contributed by atoms with Crippen LogP contribution in [0.2, 0.25) is 0 Å². The molecule has 0 bridgehead atoms. The molecule has 0 saturated heterocycles. The van der Waals surface area contributed by atoms with E-state index >= 15 is 0 Å². The Labute approximate surface area is 197 Å². The van der Waals surface area contributed by atoms with Gasteiger partial charge in [-0.2, -0.15) is 0 Å². The highest BCUT2D eigenvalue weighted by molar-refractivity contribution is 5.80. The monoisotopic (exact) mass is 431 g/mol. The van der Waals surface area contributed by atoms with Crippen molar-refractivity contribution in [3.8, 4) is 0 Å². The molecule has 4 aromatic rings. The number of benzene rings is 4. The van der Waals surface area contributed by atoms with Crippen LogP contribution >= 0.6 is 0 Å². The van der Waals surface area contributed by atoms with Crippen molar-refractivity contribution in [2.45, 2.75) is 25.7 Å². The molecule has 0 amide bonds. The highest BCUT2D eigenvalue weighted by Crippen LogP contribution is 2.35. The Hall–Kier alpha value is -3.65. The van der Waals surface area contributed by atoms with Gasteiger partial charge in [0, 0.05) is 23.0 Å². The third kappa shape index (κ3) is 4.34. The Balaban J connectivity index is 1.48. The van der Waals surface area contributed by atoms with Crippen LogP contribution in [0.5, 0.6) is 0 Å². The smallest absolute Gasteiger partial charge is 0.229 e. The quantitative estimate of drug-likeness (QED) is 0.293. The first-order chi connectivity index (χ1) is 16.2. The largest absolute Gasteiger partial charge is 0.244 e. The maximum Gasteiger partial charge on any atom is 0.244 e. The lowest BCUT2D eigenvalue weighted by molar-refractivity contribution is -0.424. The fourth-order valence-electron chi connectivity index (χ4n) is 4.94. The van der Waals surface area contributed by atoms with E-state index in [1.165, 1.54) is 33.6 Å². The van der Waals surface area contributed by atoms with Crippen LogP contribution in [0.3, 0.4) is 0 Å². The van der Waals surface area contributed by atoms with Gasteiger partial charge in [-0.25, -0.2) is 9.48 Å². The second-order valence-corrected chi connectivity index (χ2v) is 8.88. The van der Waals surface area contributed by atoms with Gasteiger partial charge in [0.1, 0.15) is 24.5 Å². The van der Waals surface area contributed by atoms with E-state index in [2.05, 4.69) is 139 Å². The van der Waals surface area contributed by atoms with E-state index in [1.54, 1.807) is 0 Å². The third-order valence-corrected chi connectivity index (χ3v) is 6.89.